The van der Waals surface area contributed by atoms with Crippen molar-refractivity contribution < 1.29 is 0 Å². The van der Waals surface area contributed by atoms with Gasteiger partial charge in [0.1, 0.15) is 11.5 Å². The van der Waals surface area contributed by atoms with Crippen LogP contribution in [0.15, 0.2) is 30.7 Å². The monoisotopic (exact) mass is 441 g/mol. The fourth-order valence-corrected chi connectivity index (χ4v) is 5.23. The number of hydrogen-bond donors (Lipinski definition) is 3. The van der Waals surface area contributed by atoms with Gasteiger partial charge in [0, 0.05) is 47.5 Å². The molecule has 1 saturated carbocycles. The first-order valence-corrected chi connectivity index (χ1v) is 12.0. The second kappa shape index (κ2) is 7.76. The molecule has 33 heavy (non-hydrogen) atoms. The molecule has 4 aromatic heterocycles. The summed E-state index contributed by atoms with van der Waals surface area (Å²) in [6.45, 7) is 9.79. The number of aromatic nitrogens is 5. The highest BCUT2D eigenvalue weighted by molar-refractivity contribution is 5.97. The first kappa shape index (κ1) is 20.5. The standard InChI is InChI=1S/C26H31N7/c1-15-10-19-18(7-9-29-23(19)31-15)24-32-21-13-28-12-20(16-4-5-16)22(21)25(33-24)30-11-17-6-8-27-14-26(17,2)3/h7,9-10,12-13,16-17,27H,4-6,8,11,14H2,1-3H3,(H,29,31)(H,30,32,33). The average molecular weight is 442 g/mol. The number of rotatable bonds is 5. The predicted octanol–water partition coefficient (Wildman–Crippen LogP) is 4.80. The number of aromatic amines is 1. The van der Waals surface area contributed by atoms with E-state index in [0.717, 1.165) is 64.5 Å². The number of anilines is 1. The Morgan fingerprint density at radius 2 is 2.03 bits per heavy atom. The molecule has 0 bridgehead atoms. The Morgan fingerprint density at radius 3 is 2.85 bits per heavy atom. The zero-order chi connectivity index (χ0) is 22.6. The summed E-state index contributed by atoms with van der Waals surface area (Å²) in [4.78, 5) is 22.5. The molecular weight excluding hydrogens is 410 g/mol. The first-order valence-electron chi connectivity index (χ1n) is 12.0. The fourth-order valence-electron chi connectivity index (χ4n) is 5.23. The van der Waals surface area contributed by atoms with Gasteiger partial charge in [-0.25, -0.2) is 15.0 Å². The number of pyridine rings is 2. The molecule has 0 spiro atoms. The van der Waals surface area contributed by atoms with Crippen LogP contribution in [-0.4, -0.2) is 44.6 Å². The molecule has 0 radical (unpaired) electrons. The molecule has 0 aromatic carbocycles. The molecule has 4 aromatic rings. The maximum atomic E-state index is 5.13. The summed E-state index contributed by atoms with van der Waals surface area (Å²) >= 11 is 0. The van der Waals surface area contributed by atoms with E-state index in [0.29, 0.717) is 11.8 Å². The van der Waals surface area contributed by atoms with E-state index in [2.05, 4.69) is 45.5 Å². The zero-order valence-corrected chi connectivity index (χ0v) is 19.6. The summed E-state index contributed by atoms with van der Waals surface area (Å²) in [5, 5.41) is 9.50. The van der Waals surface area contributed by atoms with Crippen LogP contribution < -0.4 is 10.6 Å². The van der Waals surface area contributed by atoms with Gasteiger partial charge in [0.25, 0.3) is 0 Å². The Hall–Kier alpha value is -3.06. The Kier molecular flexibility index (Phi) is 4.83. The van der Waals surface area contributed by atoms with E-state index in [4.69, 9.17) is 9.97 Å². The van der Waals surface area contributed by atoms with Crippen LogP contribution in [0.25, 0.3) is 33.3 Å². The summed E-state index contributed by atoms with van der Waals surface area (Å²) in [5.41, 5.74) is 5.38. The van der Waals surface area contributed by atoms with Gasteiger partial charge in [0.15, 0.2) is 5.82 Å². The minimum Gasteiger partial charge on any atom is -0.369 e. The van der Waals surface area contributed by atoms with E-state index < -0.39 is 0 Å². The molecule has 2 aliphatic rings. The van der Waals surface area contributed by atoms with E-state index in [9.17, 15) is 0 Å². The van der Waals surface area contributed by atoms with E-state index in [1.807, 2.05) is 31.6 Å². The van der Waals surface area contributed by atoms with Gasteiger partial charge < -0.3 is 15.6 Å². The highest BCUT2D eigenvalue weighted by atomic mass is 15.0. The van der Waals surface area contributed by atoms with Gasteiger partial charge in [-0.1, -0.05) is 13.8 Å². The quantitative estimate of drug-likeness (QED) is 0.412. The van der Waals surface area contributed by atoms with Crippen LogP contribution >= 0.6 is 0 Å². The van der Waals surface area contributed by atoms with Crippen LogP contribution in [0.4, 0.5) is 5.82 Å². The average Bonchev–Trinajstić information content (AvgIpc) is 3.57. The van der Waals surface area contributed by atoms with Gasteiger partial charge >= 0.3 is 0 Å². The molecule has 1 atom stereocenters. The minimum absolute atomic E-state index is 0.248. The Labute approximate surface area is 193 Å². The maximum Gasteiger partial charge on any atom is 0.163 e. The smallest absolute Gasteiger partial charge is 0.163 e. The Morgan fingerprint density at radius 1 is 1.15 bits per heavy atom. The van der Waals surface area contributed by atoms with Gasteiger partial charge in [-0.2, -0.15) is 0 Å². The molecule has 1 unspecified atom stereocenters. The van der Waals surface area contributed by atoms with Crippen molar-refractivity contribution in [2.45, 2.75) is 46.0 Å². The number of nitrogens with one attached hydrogen (secondary N) is 3. The number of aryl methyl sites for hydroxylation is 1. The molecule has 1 aliphatic heterocycles. The van der Waals surface area contributed by atoms with Crippen LogP contribution in [0, 0.1) is 18.3 Å². The van der Waals surface area contributed by atoms with Crippen LogP contribution in [0.1, 0.15) is 50.3 Å². The molecule has 1 aliphatic carbocycles. The number of piperidine rings is 1. The summed E-state index contributed by atoms with van der Waals surface area (Å²) in [6, 6.07) is 4.13. The third-order valence-electron chi connectivity index (χ3n) is 7.43. The molecule has 5 heterocycles. The highest BCUT2D eigenvalue weighted by Crippen LogP contribution is 2.44. The third-order valence-corrected chi connectivity index (χ3v) is 7.43. The fraction of sp³-hybridized carbons (Fsp3) is 0.462. The van der Waals surface area contributed by atoms with Crippen molar-refractivity contribution in [1.82, 2.24) is 30.2 Å². The van der Waals surface area contributed by atoms with E-state index in [1.165, 1.54) is 24.8 Å². The molecule has 2 fully saturated rings. The predicted molar refractivity (Wildman–Crippen MR) is 132 cm³/mol. The Balaban J connectivity index is 1.47. The van der Waals surface area contributed by atoms with Crippen molar-refractivity contribution >= 4 is 27.8 Å². The van der Waals surface area contributed by atoms with Gasteiger partial charge in [0.2, 0.25) is 0 Å². The summed E-state index contributed by atoms with van der Waals surface area (Å²) < 4.78 is 0. The number of H-pyrrole nitrogens is 1. The third kappa shape index (κ3) is 3.74. The molecule has 0 amide bonds. The summed E-state index contributed by atoms with van der Waals surface area (Å²) in [7, 11) is 0. The van der Waals surface area contributed by atoms with Crippen LogP contribution in [0.5, 0.6) is 0 Å². The van der Waals surface area contributed by atoms with Crippen molar-refractivity contribution in [2.24, 2.45) is 11.3 Å². The van der Waals surface area contributed by atoms with Crippen molar-refractivity contribution in [2.75, 3.05) is 25.0 Å². The maximum absolute atomic E-state index is 5.13. The van der Waals surface area contributed by atoms with Gasteiger partial charge in [-0.15, -0.1) is 0 Å². The van der Waals surface area contributed by atoms with Gasteiger partial charge in [-0.05, 0) is 67.7 Å². The zero-order valence-electron chi connectivity index (χ0n) is 19.6. The topological polar surface area (TPSA) is 91.4 Å². The van der Waals surface area contributed by atoms with Crippen LogP contribution in [0.2, 0.25) is 0 Å². The summed E-state index contributed by atoms with van der Waals surface area (Å²) in [6.07, 6.45) is 9.33. The second-order valence-corrected chi connectivity index (χ2v) is 10.4. The summed E-state index contributed by atoms with van der Waals surface area (Å²) in [5.74, 6) is 2.81. The molecular formula is C26H31N7. The van der Waals surface area contributed by atoms with Crippen LogP contribution in [0.3, 0.4) is 0 Å². The molecule has 170 valence electrons. The van der Waals surface area contributed by atoms with E-state index >= 15 is 0 Å². The lowest BCUT2D eigenvalue weighted by Gasteiger charge is -2.39. The molecule has 6 rings (SSSR count). The SMILES string of the molecule is Cc1cc2c(-c3nc(NCC4CCNCC4(C)C)c4c(C5CC5)cncc4n3)ccnc2[nH]1. The number of nitrogens with zero attached hydrogens (tertiary/aromatic N) is 4. The molecule has 7 heteroatoms. The van der Waals surface area contributed by atoms with Crippen molar-refractivity contribution in [3.8, 4) is 11.4 Å². The lowest BCUT2D eigenvalue weighted by molar-refractivity contribution is 0.166. The van der Waals surface area contributed by atoms with Gasteiger partial charge in [0.05, 0.1) is 11.7 Å². The van der Waals surface area contributed by atoms with Crippen molar-refractivity contribution in [3.63, 3.8) is 0 Å². The largest absolute Gasteiger partial charge is 0.369 e. The van der Waals surface area contributed by atoms with Crippen molar-refractivity contribution in [3.05, 3.63) is 42.0 Å². The second-order valence-electron chi connectivity index (χ2n) is 10.4. The number of fused-ring (bicyclic) bond motifs is 2. The lowest BCUT2D eigenvalue weighted by Crippen LogP contribution is -2.45. The van der Waals surface area contributed by atoms with Gasteiger partial charge in [-0.3, -0.25) is 4.98 Å². The normalized spacial score (nSPS) is 20.4. The van der Waals surface area contributed by atoms with Crippen LogP contribution in [-0.2, 0) is 0 Å². The molecule has 7 nitrogen and oxygen atoms in total. The van der Waals surface area contributed by atoms with E-state index in [1.54, 1.807) is 0 Å². The first-order chi connectivity index (χ1) is 16.0. The molecule has 3 N–H and O–H groups in total. The number of hydrogen-bond acceptors (Lipinski definition) is 6. The molecule has 1 saturated heterocycles. The lowest BCUT2D eigenvalue weighted by atomic mass is 9.74. The minimum atomic E-state index is 0.248. The van der Waals surface area contributed by atoms with E-state index in [-0.39, 0.29) is 5.41 Å². The Bertz CT molecular complexity index is 1340. The van der Waals surface area contributed by atoms with Crippen molar-refractivity contribution in [1.29, 1.82) is 0 Å². The highest BCUT2D eigenvalue weighted by Gasteiger charge is 2.33.